The highest BCUT2D eigenvalue weighted by atomic mass is 79.9. The lowest BCUT2D eigenvalue weighted by atomic mass is 9.67. The van der Waals surface area contributed by atoms with Crippen molar-refractivity contribution in [1.82, 2.24) is 9.55 Å². The second-order valence-corrected chi connectivity index (χ2v) is 6.77. The minimum Gasteiger partial charge on any atom is -0.326 e. The molecule has 1 saturated carbocycles. The van der Waals surface area contributed by atoms with Crippen molar-refractivity contribution < 1.29 is 0 Å². The normalized spacial score (nSPS) is 17.6. The van der Waals surface area contributed by atoms with Gasteiger partial charge in [0.05, 0.1) is 16.9 Å². The van der Waals surface area contributed by atoms with Crippen molar-refractivity contribution >= 4 is 38.6 Å². The van der Waals surface area contributed by atoms with Crippen molar-refractivity contribution in [2.45, 2.75) is 45.0 Å². The molecule has 0 bridgehead atoms. The molecule has 0 spiro atoms. The number of fused-ring (bicyclic) bond motifs is 1. The largest absolute Gasteiger partial charge is 0.326 e. The fraction of sp³-hybridized carbons (Fsp3) is 0.533. The van der Waals surface area contributed by atoms with Gasteiger partial charge in [-0.05, 0) is 42.9 Å². The zero-order chi connectivity index (χ0) is 13.5. The van der Waals surface area contributed by atoms with Gasteiger partial charge in [-0.25, -0.2) is 4.98 Å². The van der Waals surface area contributed by atoms with Crippen molar-refractivity contribution in [2.75, 3.05) is 0 Å². The summed E-state index contributed by atoms with van der Waals surface area (Å²) < 4.78 is 3.40. The highest BCUT2D eigenvalue weighted by Crippen LogP contribution is 2.45. The standard InChI is InChI=1S/C15H18BrClN2/c1-2-15(6-3-7-15)10-19-13-5-4-11(16)8-12(13)18-14(19)9-17/h4-5,8H,2-3,6-7,9-10H2,1H3. The molecule has 1 heterocycles. The maximum absolute atomic E-state index is 6.08. The number of nitrogens with zero attached hydrogens (tertiary/aromatic N) is 2. The summed E-state index contributed by atoms with van der Waals surface area (Å²) >= 11 is 9.59. The van der Waals surface area contributed by atoms with Crippen molar-refractivity contribution in [1.29, 1.82) is 0 Å². The van der Waals surface area contributed by atoms with E-state index in [0.29, 0.717) is 11.3 Å². The van der Waals surface area contributed by atoms with E-state index in [4.69, 9.17) is 11.6 Å². The van der Waals surface area contributed by atoms with Crippen LogP contribution in [0.1, 0.15) is 38.4 Å². The average molecular weight is 342 g/mol. The van der Waals surface area contributed by atoms with Crippen molar-refractivity contribution in [3.63, 3.8) is 0 Å². The molecule has 0 N–H and O–H groups in total. The number of hydrogen-bond acceptors (Lipinski definition) is 1. The Morgan fingerprint density at radius 3 is 2.79 bits per heavy atom. The Bertz CT molecular complexity index is 596. The van der Waals surface area contributed by atoms with Crippen molar-refractivity contribution in [3.05, 3.63) is 28.5 Å². The zero-order valence-electron chi connectivity index (χ0n) is 11.1. The number of rotatable bonds is 4. The molecule has 1 aromatic carbocycles. The summed E-state index contributed by atoms with van der Waals surface area (Å²) in [6.07, 6.45) is 5.27. The van der Waals surface area contributed by atoms with E-state index in [0.717, 1.165) is 22.4 Å². The Morgan fingerprint density at radius 1 is 1.42 bits per heavy atom. The SMILES string of the molecule is CCC1(Cn2c(CCl)nc3cc(Br)ccc32)CCC1. The van der Waals surface area contributed by atoms with Gasteiger partial charge in [-0.15, -0.1) is 11.6 Å². The van der Waals surface area contributed by atoms with Crippen LogP contribution in [-0.2, 0) is 12.4 Å². The number of aromatic nitrogens is 2. The maximum atomic E-state index is 6.08. The molecule has 3 rings (SSSR count). The van der Waals surface area contributed by atoms with Gasteiger partial charge in [0.2, 0.25) is 0 Å². The van der Waals surface area contributed by atoms with Crippen LogP contribution in [0.5, 0.6) is 0 Å². The van der Waals surface area contributed by atoms with Gasteiger partial charge >= 0.3 is 0 Å². The fourth-order valence-corrected chi connectivity index (χ4v) is 3.62. The summed E-state index contributed by atoms with van der Waals surface area (Å²) in [5.74, 6) is 1.47. The molecule has 0 amide bonds. The van der Waals surface area contributed by atoms with Gasteiger partial charge in [0.15, 0.2) is 0 Å². The van der Waals surface area contributed by atoms with Crippen molar-refractivity contribution in [2.24, 2.45) is 5.41 Å². The van der Waals surface area contributed by atoms with Gasteiger partial charge in [0, 0.05) is 11.0 Å². The first-order valence-corrected chi connectivity index (χ1v) is 8.21. The number of imidazole rings is 1. The number of hydrogen-bond donors (Lipinski definition) is 0. The second-order valence-electron chi connectivity index (χ2n) is 5.59. The summed E-state index contributed by atoms with van der Waals surface area (Å²) in [5.41, 5.74) is 2.72. The third-order valence-electron chi connectivity index (χ3n) is 4.57. The Balaban J connectivity index is 2.05. The Hall–Kier alpha value is -0.540. The fourth-order valence-electron chi connectivity index (χ4n) is 3.07. The highest BCUT2D eigenvalue weighted by Gasteiger charge is 2.36. The van der Waals surface area contributed by atoms with Crippen LogP contribution in [-0.4, -0.2) is 9.55 Å². The highest BCUT2D eigenvalue weighted by molar-refractivity contribution is 9.10. The molecule has 19 heavy (non-hydrogen) atoms. The van der Waals surface area contributed by atoms with Crippen LogP contribution >= 0.6 is 27.5 Å². The van der Waals surface area contributed by atoms with Gasteiger partial charge in [-0.1, -0.05) is 29.3 Å². The molecule has 0 radical (unpaired) electrons. The minimum atomic E-state index is 0.474. The summed E-state index contributed by atoms with van der Waals surface area (Å²) in [4.78, 5) is 4.67. The molecule has 1 aromatic heterocycles. The first-order valence-electron chi connectivity index (χ1n) is 6.88. The first-order chi connectivity index (χ1) is 9.17. The molecule has 2 nitrogen and oxygen atoms in total. The van der Waals surface area contributed by atoms with E-state index in [1.165, 1.54) is 31.2 Å². The van der Waals surface area contributed by atoms with E-state index < -0.39 is 0 Å². The number of alkyl halides is 1. The lowest BCUT2D eigenvalue weighted by Gasteiger charge is -2.42. The molecule has 1 aliphatic carbocycles. The molecule has 1 aliphatic rings. The Morgan fingerprint density at radius 2 is 2.21 bits per heavy atom. The van der Waals surface area contributed by atoms with E-state index in [1.807, 2.05) is 0 Å². The predicted octanol–water partition coefficient (Wildman–Crippen LogP) is 5.12. The quantitative estimate of drug-likeness (QED) is 0.706. The monoisotopic (exact) mass is 340 g/mol. The van der Waals surface area contributed by atoms with Gasteiger partial charge in [0.1, 0.15) is 5.82 Å². The average Bonchev–Trinajstić information content (AvgIpc) is 2.70. The molecule has 1 fully saturated rings. The molecular weight excluding hydrogens is 324 g/mol. The Kier molecular flexibility index (Phi) is 3.61. The van der Waals surface area contributed by atoms with Crippen molar-refractivity contribution in [3.8, 4) is 0 Å². The maximum Gasteiger partial charge on any atom is 0.124 e. The molecule has 0 aliphatic heterocycles. The van der Waals surface area contributed by atoms with Crippen LogP contribution in [0.2, 0.25) is 0 Å². The predicted molar refractivity (Wildman–Crippen MR) is 83.6 cm³/mol. The molecule has 0 unspecified atom stereocenters. The molecule has 2 aromatic rings. The first kappa shape index (κ1) is 13.4. The van der Waals surface area contributed by atoms with Crippen LogP contribution < -0.4 is 0 Å². The molecule has 0 saturated heterocycles. The summed E-state index contributed by atoms with van der Waals surface area (Å²) in [6, 6.07) is 6.30. The van der Waals surface area contributed by atoms with Crippen LogP contribution in [0.3, 0.4) is 0 Å². The van der Waals surface area contributed by atoms with E-state index in [-0.39, 0.29) is 0 Å². The van der Waals surface area contributed by atoms with Crippen LogP contribution in [0.4, 0.5) is 0 Å². The molecule has 4 heteroatoms. The number of benzene rings is 1. The third-order valence-corrected chi connectivity index (χ3v) is 5.30. The second kappa shape index (κ2) is 5.10. The van der Waals surface area contributed by atoms with Gasteiger partial charge in [0.25, 0.3) is 0 Å². The molecular formula is C15H18BrClN2. The lowest BCUT2D eigenvalue weighted by molar-refractivity contribution is 0.101. The Labute approximate surface area is 127 Å². The van der Waals surface area contributed by atoms with Gasteiger partial charge in [-0.2, -0.15) is 0 Å². The van der Waals surface area contributed by atoms with E-state index in [9.17, 15) is 0 Å². The zero-order valence-corrected chi connectivity index (χ0v) is 13.5. The summed E-state index contributed by atoms with van der Waals surface area (Å²) in [7, 11) is 0. The van der Waals surface area contributed by atoms with Crippen LogP contribution in [0.25, 0.3) is 11.0 Å². The van der Waals surface area contributed by atoms with Crippen LogP contribution in [0.15, 0.2) is 22.7 Å². The molecule has 0 atom stereocenters. The minimum absolute atomic E-state index is 0.474. The van der Waals surface area contributed by atoms with Gasteiger partial charge in [-0.3, -0.25) is 0 Å². The van der Waals surface area contributed by atoms with Crippen LogP contribution in [0, 0.1) is 5.41 Å². The summed E-state index contributed by atoms with van der Waals surface area (Å²) in [5, 5.41) is 0. The van der Waals surface area contributed by atoms with Gasteiger partial charge < -0.3 is 4.57 Å². The van der Waals surface area contributed by atoms with E-state index in [2.05, 4.69) is 50.6 Å². The molecule has 102 valence electrons. The topological polar surface area (TPSA) is 17.8 Å². The summed E-state index contributed by atoms with van der Waals surface area (Å²) in [6.45, 7) is 3.36. The van der Waals surface area contributed by atoms with E-state index >= 15 is 0 Å². The lowest BCUT2D eigenvalue weighted by Crippen LogP contribution is -2.33. The third kappa shape index (κ3) is 2.31. The van der Waals surface area contributed by atoms with E-state index in [1.54, 1.807) is 0 Å². The smallest absolute Gasteiger partial charge is 0.124 e. The number of halogens is 2.